The number of rotatable bonds is 3. The third-order valence-corrected chi connectivity index (χ3v) is 3.38. The molecule has 0 saturated carbocycles. The first-order valence-corrected chi connectivity index (χ1v) is 5.97. The zero-order valence-corrected chi connectivity index (χ0v) is 10.8. The Bertz CT molecular complexity index is 471. The highest BCUT2D eigenvalue weighted by Crippen LogP contribution is 2.35. The van der Waals surface area contributed by atoms with E-state index in [9.17, 15) is 4.79 Å². The molecular weight excluding hydrogens is 230 g/mol. The summed E-state index contributed by atoms with van der Waals surface area (Å²) < 4.78 is 5.39. The van der Waals surface area contributed by atoms with Crippen LogP contribution in [0.25, 0.3) is 0 Å². The summed E-state index contributed by atoms with van der Waals surface area (Å²) in [5, 5.41) is 0. The number of benzene rings is 1. The largest absolute Gasteiger partial charge is 0.482 e. The second kappa shape index (κ2) is 4.59. The molecule has 0 spiro atoms. The Balaban J connectivity index is 2.47. The van der Waals surface area contributed by atoms with Crippen LogP contribution in [0.2, 0.25) is 0 Å². The summed E-state index contributed by atoms with van der Waals surface area (Å²) >= 11 is 0. The van der Waals surface area contributed by atoms with Gasteiger partial charge in [-0.3, -0.25) is 9.69 Å². The molecular formula is C13H19N3O2. The number of hydrogen-bond acceptors (Lipinski definition) is 4. The molecule has 18 heavy (non-hydrogen) atoms. The maximum absolute atomic E-state index is 11.7. The van der Waals surface area contributed by atoms with Gasteiger partial charge in [0.2, 0.25) is 0 Å². The maximum Gasteiger partial charge on any atom is 0.266 e. The molecule has 0 saturated heterocycles. The Morgan fingerprint density at radius 3 is 2.72 bits per heavy atom. The first-order valence-electron chi connectivity index (χ1n) is 5.97. The van der Waals surface area contributed by atoms with E-state index in [1.54, 1.807) is 0 Å². The lowest BCUT2D eigenvalue weighted by atomic mass is 9.84. The van der Waals surface area contributed by atoms with Crippen LogP contribution in [0.3, 0.4) is 0 Å². The van der Waals surface area contributed by atoms with E-state index in [0.717, 1.165) is 11.3 Å². The lowest BCUT2D eigenvalue weighted by Crippen LogP contribution is -2.42. The molecule has 1 heterocycles. The van der Waals surface area contributed by atoms with Gasteiger partial charge in [0.25, 0.3) is 5.91 Å². The molecule has 1 aromatic carbocycles. The highest BCUT2D eigenvalue weighted by Gasteiger charge is 2.27. The Labute approximate surface area is 107 Å². The van der Waals surface area contributed by atoms with Crippen molar-refractivity contribution in [3.05, 3.63) is 23.8 Å². The van der Waals surface area contributed by atoms with Gasteiger partial charge < -0.3 is 16.2 Å². The minimum Gasteiger partial charge on any atom is -0.482 e. The highest BCUT2D eigenvalue weighted by molar-refractivity contribution is 5.97. The standard InChI is InChI=1S/C13H19N3O2/c1-13(2,7-14)9-3-4-11-10(5-9)16(8-15)12(17)6-18-11/h3-5H,6-8,14-15H2,1-2H3. The van der Waals surface area contributed by atoms with Crippen molar-refractivity contribution in [2.24, 2.45) is 11.5 Å². The molecule has 1 aromatic rings. The number of nitrogens with zero attached hydrogens (tertiary/aromatic N) is 1. The van der Waals surface area contributed by atoms with Crippen molar-refractivity contribution in [1.82, 2.24) is 0 Å². The van der Waals surface area contributed by atoms with Crippen LogP contribution in [0.5, 0.6) is 5.75 Å². The molecule has 0 radical (unpaired) electrons. The molecule has 1 aliphatic heterocycles. The lowest BCUT2D eigenvalue weighted by Gasteiger charge is -2.31. The van der Waals surface area contributed by atoms with Crippen LogP contribution in [0.4, 0.5) is 5.69 Å². The molecule has 4 N–H and O–H groups in total. The fraction of sp³-hybridized carbons (Fsp3) is 0.462. The first kappa shape index (κ1) is 12.9. The Hall–Kier alpha value is -1.59. The summed E-state index contributed by atoms with van der Waals surface area (Å²) in [5.74, 6) is 0.573. The molecule has 2 rings (SSSR count). The zero-order chi connectivity index (χ0) is 13.3. The molecule has 1 amide bonds. The van der Waals surface area contributed by atoms with Crippen LogP contribution >= 0.6 is 0 Å². The Morgan fingerprint density at radius 2 is 2.11 bits per heavy atom. The second-order valence-corrected chi connectivity index (χ2v) is 5.06. The van der Waals surface area contributed by atoms with E-state index in [1.807, 2.05) is 18.2 Å². The SMILES string of the molecule is CC(C)(CN)c1ccc2c(c1)N(CN)C(=O)CO2. The minimum absolute atomic E-state index is 0.0455. The van der Waals surface area contributed by atoms with Crippen LogP contribution < -0.4 is 21.1 Å². The molecule has 5 heteroatoms. The summed E-state index contributed by atoms with van der Waals surface area (Å²) in [6.45, 7) is 4.86. The number of nitrogens with two attached hydrogens (primary N) is 2. The number of carbonyl (C=O) groups is 1. The number of anilines is 1. The normalized spacial score (nSPS) is 15.3. The van der Waals surface area contributed by atoms with Gasteiger partial charge in [-0.2, -0.15) is 0 Å². The summed E-state index contributed by atoms with van der Waals surface area (Å²) in [4.78, 5) is 13.3. The fourth-order valence-corrected chi connectivity index (χ4v) is 1.94. The minimum atomic E-state index is -0.143. The van der Waals surface area contributed by atoms with E-state index < -0.39 is 0 Å². The third-order valence-electron chi connectivity index (χ3n) is 3.38. The predicted octanol–water partition coefficient (Wildman–Crippen LogP) is 0.565. The molecule has 0 atom stereocenters. The number of fused-ring (bicyclic) bond motifs is 1. The number of ether oxygens (including phenoxy) is 1. The molecule has 0 fully saturated rings. The van der Waals surface area contributed by atoms with Crippen LogP contribution in [-0.2, 0) is 10.2 Å². The van der Waals surface area contributed by atoms with Crippen LogP contribution in [0.15, 0.2) is 18.2 Å². The van der Waals surface area contributed by atoms with Crippen LogP contribution in [-0.4, -0.2) is 25.7 Å². The van der Waals surface area contributed by atoms with E-state index in [0.29, 0.717) is 12.3 Å². The molecule has 1 aliphatic rings. The quantitative estimate of drug-likeness (QED) is 0.820. The van der Waals surface area contributed by atoms with Gasteiger partial charge in [-0.1, -0.05) is 19.9 Å². The Kier molecular flexibility index (Phi) is 3.28. The van der Waals surface area contributed by atoms with E-state index in [-0.39, 0.29) is 24.6 Å². The van der Waals surface area contributed by atoms with Gasteiger partial charge in [0, 0.05) is 12.0 Å². The van der Waals surface area contributed by atoms with Gasteiger partial charge in [0.15, 0.2) is 6.61 Å². The van der Waals surface area contributed by atoms with Crippen molar-refractivity contribution in [2.75, 3.05) is 24.7 Å². The summed E-state index contributed by atoms with van der Waals surface area (Å²) in [7, 11) is 0. The van der Waals surface area contributed by atoms with Crippen molar-refractivity contribution in [3.63, 3.8) is 0 Å². The van der Waals surface area contributed by atoms with Crippen molar-refractivity contribution in [3.8, 4) is 5.75 Å². The van der Waals surface area contributed by atoms with Gasteiger partial charge in [-0.15, -0.1) is 0 Å². The number of carbonyl (C=O) groups excluding carboxylic acids is 1. The fourth-order valence-electron chi connectivity index (χ4n) is 1.94. The van der Waals surface area contributed by atoms with Gasteiger partial charge in [-0.25, -0.2) is 0 Å². The van der Waals surface area contributed by atoms with Crippen molar-refractivity contribution >= 4 is 11.6 Å². The van der Waals surface area contributed by atoms with Gasteiger partial charge in [0.1, 0.15) is 5.75 Å². The summed E-state index contributed by atoms with van der Waals surface area (Å²) in [5.41, 5.74) is 13.1. The first-order chi connectivity index (χ1) is 8.49. The molecule has 0 aromatic heterocycles. The van der Waals surface area contributed by atoms with E-state index >= 15 is 0 Å². The van der Waals surface area contributed by atoms with Crippen molar-refractivity contribution < 1.29 is 9.53 Å². The highest BCUT2D eigenvalue weighted by atomic mass is 16.5. The number of amides is 1. The molecule has 98 valence electrons. The second-order valence-electron chi connectivity index (χ2n) is 5.06. The molecule has 0 unspecified atom stereocenters. The van der Waals surface area contributed by atoms with Crippen molar-refractivity contribution in [1.29, 1.82) is 0 Å². The smallest absolute Gasteiger partial charge is 0.266 e. The maximum atomic E-state index is 11.7. The molecule has 0 aliphatic carbocycles. The number of hydrogen-bond donors (Lipinski definition) is 2. The van der Waals surface area contributed by atoms with E-state index in [4.69, 9.17) is 16.2 Å². The summed E-state index contributed by atoms with van der Waals surface area (Å²) in [6, 6.07) is 5.79. The average molecular weight is 249 g/mol. The van der Waals surface area contributed by atoms with Crippen LogP contribution in [0, 0.1) is 0 Å². The monoisotopic (exact) mass is 249 g/mol. The molecule has 0 bridgehead atoms. The lowest BCUT2D eigenvalue weighted by molar-refractivity contribution is -0.121. The van der Waals surface area contributed by atoms with Crippen LogP contribution in [0.1, 0.15) is 19.4 Å². The van der Waals surface area contributed by atoms with Gasteiger partial charge in [-0.05, 0) is 17.7 Å². The topological polar surface area (TPSA) is 81.6 Å². The Morgan fingerprint density at radius 1 is 1.39 bits per heavy atom. The zero-order valence-electron chi connectivity index (χ0n) is 10.8. The van der Waals surface area contributed by atoms with Crippen molar-refractivity contribution in [2.45, 2.75) is 19.3 Å². The average Bonchev–Trinajstić information content (AvgIpc) is 2.38. The van der Waals surface area contributed by atoms with Gasteiger partial charge >= 0.3 is 0 Å². The van der Waals surface area contributed by atoms with E-state index in [2.05, 4.69) is 13.8 Å². The summed E-state index contributed by atoms with van der Waals surface area (Å²) in [6.07, 6.45) is 0. The van der Waals surface area contributed by atoms with E-state index in [1.165, 1.54) is 4.90 Å². The van der Waals surface area contributed by atoms with Gasteiger partial charge in [0.05, 0.1) is 12.4 Å². The molecule has 5 nitrogen and oxygen atoms in total. The predicted molar refractivity (Wildman–Crippen MR) is 70.6 cm³/mol. The third kappa shape index (κ3) is 2.07.